The van der Waals surface area contributed by atoms with E-state index in [2.05, 4.69) is 15.8 Å². The summed E-state index contributed by atoms with van der Waals surface area (Å²) in [5.41, 5.74) is 1.38. The molecule has 0 aliphatic heterocycles. The first-order valence-electron chi connectivity index (χ1n) is 7.69. The van der Waals surface area contributed by atoms with Gasteiger partial charge in [-0.1, -0.05) is 48.8 Å². The zero-order chi connectivity index (χ0) is 17.7. The molecule has 6 nitrogen and oxygen atoms in total. The molecule has 2 N–H and O–H groups in total. The monoisotopic (exact) mass is 349 g/mol. The minimum absolute atomic E-state index is 0.0536. The Morgan fingerprint density at radius 1 is 1.21 bits per heavy atom. The number of halogens is 1. The molecule has 128 valence electrons. The SMILES string of the molecule is Cc1onc(-c2ccccc2Cl)c1C(=O)NCCNC(=O)C(C)C. The molecule has 24 heavy (non-hydrogen) atoms. The minimum atomic E-state index is -0.317. The molecule has 0 aliphatic rings. The van der Waals surface area contributed by atoms with Gasteiger partial charge in [-0.25, -0.2) is 0 Å². The van der Waals surface area contributed by atoms with Crippen LogP contribution >= 0.6 is 11.6 Å². The smallest absolute Gasteiger partial charge is 0.257 e. The quantitative estimate of drug-likeness (QED) is 0.785. The van der Waals surface area contributed by atoms with E-state index in [1.54, 1.807) is 25.1 Å². The molecule has 0 fully saturated rings. The fourth-order valence-corrected chi connectivity index (χ4v) is 2.36. The van der Waals surface area contributed by atoms with Crippen molar-refractivity contribution in [3.63, 3.8) is 0 Å². The molecule has 1 aromatic heterocycles. The number of aryl methyl sites for hydroxylation is 1. The maximum atomic E-state index is 12.4. The van der Waals surface area contributed by atoms with Crippen LogP contribution in [0.25, 0.3) is 11.3 Å². The highest BCUT2D eigenvalue weighted by molar-refractivity contribution is 6.33. The third-order valence-corrected chi connectivity index (χ3v) is 3.78. The number of carbonyl (C=O) groups is 2. The molecule has 1 aromatic carbocycles. The predicted octanol–water partition coefficient (Wildman–Crippen LogP) is 2.81. The Hall–Kier alpha value is -2.34. The van der Waals surface area contributed by atoms with E-state index in [4.69, 9.17) is 16.1 Å². The summed E-state index contributed by atoms with van der Waals surface area (Å²) in [6.07, 6.45) is 0. The number of hydrogen-bond acceptors (Lipinski definition) is 4. The average Bonchev–Trinajstić information content (AvgIpc) is 2.93. The van der Waals surface area contributed by atoms with Gasteiger partial charge in [-0.2, -0.15) is 0 Å². The molecule has 2 amide bonds. The van der Waals surface area contributed by atoms with Gasteiger partial charge in [0.25, 0.3) is 5.91 Å². The Balaban J connectivity index is 2.07. The van der Waals surface area contributed by atoms with Crippen molar-refractivity contribution in [1.82, 2.24) is 15.8 Å². The normalized spacial score (nSPS) is 10.7. The van der Waals surface area contributed by atoms with Crippen LogP contribution in [-0.2, 0) is 4.79 Å². The molecule has 0 spiro atoms. The van der Waals surface area contributed by atoms with Crippen LogP contribution in [0.3, 0.4) is 0 Å². The Kier molecular flexibility index (Phi) is 5.98. The summed E-state index contributed by atoms with van der Waals surface area (Å²) in [4.78, 5) is 23.9. The van der Waals surface area contributed by atoms with Crippen LogP contribution in [-0.4, -0.2) is 30.1 Å². The molecule has 1 heterocycles. The second-order valence-corrected chi connectivity index (χ2v) is 6.05. The fraction of sp³-hybridized carbons (Fsp3) is 0.353. The van der Waals surface area contributed by atoms with Crippen LogP contribution in [0.15, 0.2) is 28.8 Å². The fourth-order valence-electron chi connectivity index (χ4n) is 2.13. The molecule has 2 rings (SSSR count). The van der Waals surface area contributed by atoms with E-state index in [1.165, 1.54) is 0 Å². The average molecular weight is 350 g/mol. The second kappa shape index (κ2) is 7.97. The third-order valence-electron chi connectivity index (χ3n) is 3.45. The largest absolute Gasteiger partial charge is 0.360 e. The summed E-state index contributed by atoms with van der Waals surface area (Å²) in [7, 11) is 0. The van der Waals surface area contributed by atoms with Crippen LogP contribution in [0, 0.1) is 12.8 Å². The number of amides is 2. The first kappa shape index (κ1) is 18.0. The van der Waals surface area contributed by atoms with Crippen molar-refractivity contribution in [2.45, 2.75) is 20.8 Å². The van der Waals surface area contributed by atoms with E-state index >= 15 is 0 Å². The lowest BCUT2D eigenvalue weighted by molar-refractivity contribution is -0.123. The van der Waals surface area contributed by atoms with Crippen molar-refractivity contribution >= 4 is 23.4 Å². The van der Waals surface area contributed by atoms with Gasteiger partial charge in [0.15, 0.2) is 0 Å². The van der Waals surface area contributed by atoms with Crippen molar-refractivity contribution in [2.24, 2.45) is 5.92 Å². The summed E-state index contributed by atoms with van der Waals surface area (Å²) < 4.78 is 5.16. The van der Waals surface area contributed by atoms with E-state index < -0.39 is 0 Å². The van der Waals surface area contributed by atoms with Crippen molar-refractivity contribution in [3.8, 4) is 11.3 Å². The second-order valence-electron chi connectivity index (χ2n) is 5.64. The Bertz CT molecular complexity index is 740. The van der Waals surface area contributed by atoms with Gasteiger partial charge in [-0.3, -0.25) is 9.59 Å². The number of nitrogens with zero attached hydrogens (tertiary/aromatic N) is 1. The van der Waals surface area contributed by atoms with Gasteiger partial charge >= 0.3 is 0 Å². The van der Waals surface area contributed by atoms with Crippen molar-refractivity contribution in [1.29, 1.82) is 0 Å². The van der Waals surface area contributed by atoms with Gasteiger partial charge in [-0.05, 0) is 13.0 Å². The molecule has 0 unspecified atom stereocenters. The highest BCUT2D eigenvalue weighted by Crippen LogP contribution is 2.30. The highest BCUT2D eigenvalue weighted by Gasteiger charge is 2.22. The van der Waals surface area contributed by atoms with E-state index in [-0.39, 0.29) is 17.7 Å². The maximum Gasteiger partial charge on any atom is 0.257 e. The van der Waals surface area contributed by atoms with Crippen molar-refractivity contribution in [3.05, 3.63) is 40.6 Å². The lowest BCUT2D eigenvalue weighted by Crippen LogP contribution is -2.36. The Labute approximate surface area is 145 Å². The molecule has 0 saturated carbocycles. The van der Waals surface area contributed by atoms with E-state index in [9.17, 15) is 9.59 Å². The summed E-state index contributed by atoms with van der Waals surface area (Å²) in [5, 5.41) is 9.94. The van der Waals surface area contributed by atoms with Crippen LogP contribution in [0.4, 0.5) is 0 Å². The van der Waals surface area contributed by atoms with Gasteiger partial charge in [-0.15, -0.1) is 0 Å². The van der Waals surface area contributed by atoms with Crippen LogP contribution in [0.1, 0.15) is 30.0 Å². The predicted molar refractivity (Wildman–Crippen MR) is 91.9 cm³/mol. The molecule has 2 aromatic rings. The molecular weight excluding hydrogens is 330 g/mol. The number of rotatable bonds is 6. The Morgan fingerprint density at radius 2 is 1.88 bits per heavy atom. The topological polar surface area (TPSA) is 84.2 Å². The number of nitrogens with one attached hydrogen (secondary N) is 2. The lowest BCUT2D eigenvalue weighted by Gasteiger charge is -2.09. The zero-order valence-corrected chi connectivity index (χ0v) is 14.6. The van der Waals surface area contributed by atoms with Gasteiger partial charge in [0.1, 0.15) is 17.0 Å². The van der Waals surface area contributed by atoms with Crippen molar-refractivity contribution in [2.75, 3.05) is 13.1 Å². The van der Waals surface area contributed by atoms with Crippen LogP contribution < -0.4 is 10.6 Å². The highest BCUT2D eigenvalue weighted by atomic mass is 35.5. The number of benzene rings is 1. The molecule has 0 radical (unpaired) electrons. The standard InChI is InChI=1S/C17H20ClN3O3/c1-10(2)16(22)19-8-9-20-17(23)14-11(3)24-21-15(14)12-6-4-5-7-13(12)18/h4-7,10H,8-9H2,1-3H3,(H,19,22)(H,20,23). The molecule has 0 atom stereocenters. The zero-order valence-electron chi connectivity index (χ0n) is 13.9. The molecule has 0 bridgehead atoms. The van der Waals surface area contributed by atoms with Gasteiger partial charge < -0.3 is 15.2 Å². The van der Waals surface area contributed by atoms with E-state index in [0.29, 0.717) is 40.7 Å². The first-order chi connectivity index (χ1) is 11.4. The van der Waals surface area contributed by atoms with Crippen molar-refractivity contribution < 1.29 is 14.1 Å². The van der Waals surface area contributed by atoms with Crippen LogP contribution in [0.5, 0.6) is 0 Å². The molecule has 7 heteroatoms. The summed E-state index contributed by atoms with van der Waals surface area (Å²) >= 11 is 6.18. The minimum Gasteiger partial charge on any atom is -0.360 e. The summed E-state index contributed by atoms with van der Waals surface area (Å²) in [5.74, 6) is -0.0499. The molecule has 0 saturated heterocycles. The van der Waals surface area contributed by atoms with E-state index in [0.717, 1.165) is 0 Å². The lowest BCUT2D eigenvalue weighted by atomic mass is 10.1. The molecular formula is C17H20ClN3O3. The number of aromatic nitrogens is 1. The third kappa shape index (κ3) is 4.14. The maximum absolute atomic E-state index is 12.4. The van der Waals surface area contributed by atoms with E-state index in [1.807, 2.05) is 19.9 Å². The van der Waals surface area contributed by atoms with Crippen LogP contribution in [0.2, 0.25) is 5.02 Å². The summed E-state index contributed by atoms with van der Waals surface area (Å²) in [6, 6.07) is 7.12. The van der Waals surface area contributed by atoms with Gasteiger partial charge in [0.2, 0.25) is 5.91 Å². The molecule has 0 aliphatic carbocycles. The van der Waals surface area contributed by atoms with Gasteiger partial charge in [0.05, 0.1) is 5.02 Å². The number of hydrogen-bond donors (Lipinski definition) is 2. The van der Waals surface area contributed by atoms with Gasteiger partial charge in [0, 0.05) is 24.6 Å². The first-order valence-corrected chi connectivity index (χ1v) is 8.06. The number of carbonyl (C=O) groups excluding carboxylic acids is 2. The summed E-state index contributed by atoms with van der Waals surface area (Å²) in [6.45, 7) is 5.95. The Morgan fingerprint density at radius 3 is 2.54 bits per heavy atom.